The van der Waals surface area contributed by atoms with Crippen LogP contribution in [0.15, 0.2) is 24.3 Å². The summed E-state index contributed by atoms with van der Waals surface area (Å²) in [7, 11) is 0. The zero-order valence-corrected chi connectivity index (χ0v) is 10.2. The highest BCUT2D eigenvalue weighted by Gasteiger charge is 2.22. The van der Waals surface area contributed by atoms with E-state index in [9.17, 15) is 4.39 Å². The summed E-state index contributed by atoms with van der Waals surface area (Å²) in [5, 5.41) is 3.56. The lowest BCUT2D eigenvalue weighted by atomic mass is 9.84. The third-order valence-electron chi connectivity index (χ3n) is 3.69. The molecule has 1 saturated carbocycles. The zero-order valence-electron chi connectivity index (χ0n) is 10.2. The lowest BCUT2D eigenvalue weighted by Gasteiger charge is -2.31. The Bertz CT molecular complexity index is 337. The van der Waals surface area contributed by atoms with Gasteiger partial charge in [-0.2, -0.15) is 0 Å². The van der Waals surface area contributed by atoms with E-state index in [2.05, 4.69) is 5.32 Å². The fraction of sp³-hybridized carbons (Fsp3) is 0.571. The van der Waals surface area contributed by atoms with Crippen molar-refractivity contribution < 1.29 is 4.39 Å². The second-order valence-electron chi connectivity index (χ2n) is 4.89. The van der Waals surface area contributed by atoms with Gasteiger partial charge >= 0.3 is 0 Å². The van der Waals surface area contributed by atoms with Crippen molar-refractivity contribution in [3.8, 4) is 0 Å². The molecule has 0 saturated heterocycles. The van der Waals surface area contributed by atoms with Crippen molar-refractivity contribution >= 4 is 0 Å². The Labute approximate surface area is 102 Å². The molecule has 1 aliphatic carbocycles. The summed E-state index contributed by atoms with van der Waals surface area (Å²) < 4.78 is 12.8. The summed E-state index contributed by atoms with van der Waals surface area (Å²) in [5.41, 5.74) is 6.93. The normalized spacial score (nSPS) is 24.8. The first-order valence-electron chi connectivity index (χ1n) is 6.47. The molecule has 1 fully saturated rings. The van der Waals surface area contributed by atoms with Crippen LogP contribution in [0.4, 0.5) is 4.39 Å². The molecule has 2 nitrogen and oxygen atoms in total. The van der Waals surface area contributed by atoms with Crippen LogP contribution in [0.5, 0.6) is 0 Å². The average molecular weight is 236 g/mol. The molecule has 94 valence electrons. The minimum absolute atomic E-state index is 0.175. The van der Waals surface area contributed by atoms with Gasteiger partial charge in [-0.3, -0.25) is 0 Å². The number of hydrogen-bond donors (Lipinski definition) is 2. The molecule has 0 aliphatic heterocycles. The maximum Gasteiger partial charge on any atom is 0.123 e. The van der Waals surface area contributed by atoms with E-state index >= 15 is 0 Å². The maximum absolute atomic E-state index is 12.8. The molecule has 0 radical (unpaired) electrons. The van der Waals surface area contributed by atoms with Crippen molar-refractivity contribution in [3.63, 3.8) is 0 Å². The standard InChI is InChI=1S/C14H21FN2/c15-13-7-5-11(6-8-13)10-17-14-4-2-1-3-12(14)9-16/h5-8,12,14,17H,1-4,9-10,16H2. The Morgan fingerprint density at radius 1 is 1.18 bits per heavy atom. The molecule has 1 aromatic rings. The Hall–Kier alpha value is -0.930. The minimum atomic E-state index is -0.175. The molecule has 3 N–H and O–H groups in total. The van der Waals surface area contributed by atoms with E-state index in [-0.39, 0.29) is 5.82 Å². The lowest BCUT2D eigenvalue weighted by molar-refractivity contribution is 0.267. The third-order valence-corrected chi connectivity index (χ3v) is 3.69. The molecule has 2 rings (SSSR count). The summed E-state index contributed by atoms with van der Waals surface area (Å²) in [5.74, 6) is 0.426. The van der Waals surface area contributed by atoms with Crippen molar-refractivity contribution in [1.29, 1.82) is 0 Å². The van der Waals surface area contributed by atoms with Gasteiger partial charge in [0.15, 0.2) is 0 Å². The van der Waals surface area contributed by atoms with Crippen LogP contribution in [0.1, 0.15) is 31.2 Å². The molecule has 1 aliphatic rings. The van der Waals surface area contributed by atoms with Crippen molar-refractivity contribution in [2.45, 2.75) is 38.3 Å². The topological polar surface area (TPSA) is 38.0 Å². The SMILES string of the molecule is NCC1CCCCC1NCc1ccc(F)cc1. The predicted octanol–water partition coefficient (Wildman–Crippen LogP) is 2.43. The monoisotopic (exact) mass is 236 g/mol. The smallest absolute Gasteiger partial charge is 0.123 e. The third kappa shape index (κ3) is 3.51. The molecule has 0 spiro atoms. The van der Waals surface area contributed by atoms with Gasteiger partial charge in [0.25, 0.3) is 0 Å². The van der Waals surface area contributed by atoms with E-state index in [0.29, 0.717) is 12.0 Å². The van der Waals surface area contributed by atoms with Crippen LogP contribution in [-0.4, -0.2) is 12.6 Å². The molecule has 0 bridgehead atoms. The van der Waals surface area contributed by atoms with Crippen molar-refractivity contribution in [1.82, 2.24) is 5.32 Å². The van der Waals surface area contributed by atoms with Crippen LogP contribution in [0.2, 0.25) is 0 Å². The van der Waals surface area contributed by atoms with Gasteiger partial charge in [0.2, 0.25) is 0 Å². The second kappa shape index (κ2) is 6.12. The molecular weight excluding hydrogens is 215 g/mol. The molecule has 2 atom stereocenters. The van der Waals surface area contributed by atoms with Gasteiger partial charge in [-0.05, 0) is 43.0 Å². The fourth-order valence-electron chi connectivity index (χ4n) is 2.61. The van der Waals surface area contributed by atoms with Crippen molar-refractivity contribution in [2.24, 2.45) is 11.7 Å². The first kappa shape index (κ1) is 12.5. The van der Waals surface area contributed by atoms with Crippen molar-refractivity contribution in [2.75, 3.05) is 6.54 Å². The van der Waals surface area contributed by atoms with Gasteiger partial charge in [-0.15, -0.1) is 0 Å². The Balaban J connectivity index is 1.86. The summed E-state index contributed by atoms with van der Waals surface area (Å²) >= 11 is 0. The van der Waals surface area contributed by atoms with E-state index < -0.39 is 0 Å². The van der Waals surface area contributed by atoms with E-state index in [0.717, 1.165) is 18.7 Å². The fourth-order valence-corrected chi connectivity index (χ4v) is 2.61. The Morgan fingerprint density at radius 3 is 2.59 bits per heavy atom. The Morgan fingerprint density at radius 2 is 1.88 bits per heavy atom. The molecular formula is C14H21FN2. The van der Waals surface area contributed by atoms with Crippen molar-refractivity contribution in [3.05, 3.63) is 35.6 Å². The average Bonchev–Trinajstić information content (AvgIpc) is 2.38. The minimum Gasteiger partial charge on any atom is -0.330 e. The van der Waals surface area contributed by atoms with Crippen LogP contribution < -0.4 is 11.1 Å². The number of rotatable bonds is 4. The first-order valence-corrected chi connectivity index (χ1v) is 6.47. The summed E-state index contributed by atoms with van der Waals surface area (Å²) in [6.07, 6.45) is 5.04. The number of nitrogens with two attached hydrogens (primary N) is 1. The Kier molecular flexibility index (Phi) is 4.51. The molecule has 0 heterocycles. The molecule has 0 amide bonds. The number of nitrogens with one attached hydrogen (secondary N) is 1. The predicted molar refractivity (Wildman–Crippen MR) is 68.0 cm³/mol. The largest absolute Gasteiger partial charge is 0.330 e. The van der Waals surface area contributed by atoms with Gasteiger partial charge in [-0.25, -0.2) is 4.39 Å². The van der Waals surface area contributed by atoms with Crippen LogP contribution in [0, 0.1) is 11.7 Å². The molecule has 2 unspecified atom stereocenters. The molecule has 1 aromatic carbocycles. The number of benzene rings is 1. The lowest BCUT2D eigenvalue weighted by Crippen LogP contribution is -2.41. The van der Waals surface area contributed by atoms with Crippen LogP contribution in [0.3, 0.4) is 0 Å². The molecule has 0 aromatic heterocycles. The van der Waals surface area contributed by atoms with Gasteiger partial charge < -0.3 is 11.1 Å². The molecule has 3 heteroatoms. The summed E-state index contributed by atoms with van der Waals surface area (Å²) in [6, 6.07) is 7.22. The zero-order chi connectivity index (χ0) is 12.1. The highest BCUT2D eigenvalue weighted by Crippen LogP contribution is 2.23. The van der Waals surface area contributed by atoms with Gasteiger partial charge in [0, 0.05) is 12.6 Å². The molecule has 17 heavy (non-hydrogen) atoms. The highest BCUT2D eigenvalue weighted by atomic mass is 19.1. The van der Waals surface area contributed by atoms with E-state index in [1.165, 1.54) is 37.8 Å². The van der Waals surface area contributed by atoms with E-state index in [1.54, 1.807) is 0 Å². The number of hydrogen-bond acceptors (Lipinski definition) is 2. The number of halogens is 1. The maximum atomic E-state index is 12.8. The van der Waals surface area contributed by atoms with Crippen LogP contribution in [0.25, 0.3) is 0 Å². The quantitative estimate of drug-likeness (QED) is 0.842. The first-order chi connectivity index (χ1) is 8.29. The van der Waals surface area contributed by atoms with E-state index in [1.807, 2.05) is 12.1 Å². The van der Waals surface area contributed by atoms with E-state index in [4.69, 9.17) is 5.73 Å². The van der Waals surface area contributed by atoms with Crippen LogP contribution in [-0.2, 0) is 6.54 Å². The summed E-state index contributed by atoms with van der Waals surface area (Å²) in [4.78, 5) is 0. The van der Waals surface area contributed by atoms with Gasteiger partial charge in [0.05, 0.1) is 0 Å². The van der Waals surface area contributed by atoms with Gasteiger partial charge in [0.1, 0.15) is 5.82 Å². The second-order valence-corrected chi connectivity index (χ2v) is 4.89. The van der Waals surface area contributed by atoms with Crippen LogP contribution >= 0.6 is 0 Å². The highest BCUT2D eigenvalue weighted by molar-refractivity contribution is 5.15. The summed E-state index contributed by atoms with van der Waals surface area (Å²) in [6.45, 7) is 1.57. The van der Waals surface area contributed by atoms with Gasteiger partial charge in [-0.1, -0.05) is 25.0 Å².